The van der Waals surface area contributed by atoms with Crippen LogP contribution in [0.4, 0.5) is 11.4 Å². The minimum absolute atomic E-state index is 0.214. The highest BCUT2D eigenvalue weighted by atomic mass is 35.5. The molecule has 0 bridgehead atoms. The van der Waals surface area contributed by atoms with Gasteiger partial charge in [0, 0.05) is 25.4 Å². The van der Waals surface area contributed by atoms with Crippen LogP contribution in [0, 0.1) is 10.1 Å². The van der Waals surface area contributed by atoms with E-state index in [1.165, 1.54) is 6.07 Å². The van der Waals surface area contributed by atoms with Crippen LogP contribution >= 0.6 is 11.6 Å². The highest BCUT2D eigenvalue weighted by molar-refractivity contribution is 7.90. The van der Waals surface area contributed by atoms with Crippen molar-refractivity contribution in [2.24, 2.45) is 0 Å². The molecule has 0 spiro atoms. The first-order chi connectivity index (χ1) is 9.30. The van der Waals surface area contributed by atoms with Crippen molar-refractivity contribution >= 4 is 32.8 Å². The van der Waals surface area contributed by atoms with E-state index in [0.29, 0.717) is 5.69 Å². The van der Waals surface area contributed by atoms with Crippen molar-refractivity contribution < 1.29 is 13.3 Å². The van der Waals surface area contributed by atoms with Crippen molar-refractivity contribution in [3.05, 3.63) is 27.3 Å². The first-order valence-electron chi connectivity index (χ1n) is 6.23. The number of nitro benzene ring substituents is 1. The number of anilines is 1. The molecule has 20 heavy (non-hydrogen) atoms. The normalized spacial score (nSPS) is 16.2. The van der Waals surface area contributed by atoms with Crippen LogP contribution in [0.3, 0.4) is 0 Å². The molecule has 110 valence electrons. The number of halogens is 1. The Kier molecular flexibility index (Phi) is 4.19. The fourth-order valence-corrected chi connectivity index (χ4v) is 3.47. The molecule has 0 radical (unpaired) electrons. The summed E-state index contributed by atoms with van der Waals surface area (Å²) in [6, 6.07) is 2.45. The third kappa shape index (κ3) is 3.04. The maximum Gasteiger partial charge on any atom is 0.289 e. The van der Waals surface area contributed by atoms with Crippen molar-refractivity contribution in [1.29, 1.82) is 0 Å². The van der Waals surface area contributed by atoms with Crippen molar-refractivity contribution in [3.63, 3.8) is 0 Å². The van der Waals surface area contributed by atoms with Crippen LogP contribution in [0.25, 0.3) is 0 Å². The molecule has 1 heterocycles. The smallest absolute Gasteiger partial charge is 0.289 e. The average molecular weight is 319 g/mol. The lowest BCUT2D eigenvalue weighted by Crippen LogP contribution is -2.29. The topological polar surface area (TPSA) is 80.5 Å². The van der Waals surface area contributed by atoms with Gasteiger partial charge in [-0.05, 0) is 25.3 Å². The van der Waals surface area contributed by atoms with E-state index in [1.807, 2.05) is 4.90 Å². The van der Waals surface area contributed by atoms with Crippen molar-refractivity contribution in [1.82, 2.24) is 0 Å². The van der Waals surface area contributed by atoms with Crippen LogP contribution in [0.15, 0.2) is 17.0 Å². The number of hydrogen-bond acceptors (Lipinski definition) is 5. The second kappa shape index (κ2) is 5.57. The molecule has 0 aromatic heterocycles. The Hall–Kier alpha value is -1.34. The van der Waals surface area contributed by atoms with Crippen LogP contribution in [0.2, 0.25) is 5.02 Å². The van der Waals surface area contributed by atoms with Crippen LogP contribution in [0.5, 0.6) is 0 Å². The first-order valence-corrected chi connectivity index (χ1v) is 8.50. The predicted octanol–water partition coefficient (Wildman–Crippen LogP) is 2.64. The molecular weight excluding hydrogens is 304 g/mol. The monoisotopic (exact) mass is 318 g/mol. The summed E-state index contributed by atoms with van der Waals surface area (Å²) in [6.45, 7) is 1.56. The lowest BCUT2D eigenvalue weighted by Gasteiger charge is -2.29. The Labute approximate surface area is 122 Å². The molecule has 2 rings (SSSR count). The molecule has 1 aromatic rings. The van der Waals surface area contributed by atoms with Gasteiger partial charge in [0.2, 0.25) is 0 Å². The SMILES string of the molecule is CS(=O)(=O)c1cc(N2CCCCC2)c(Cl)cc1[N+](=O)[O-]. The lowest BCUT2D eigenvalue weighted by molar-refractivity contribution is -0.387. The molecule has 0 unspecified atom stereocenters. The Morgan fingerprint density at radius 3 is 2.35 bits per heavy atom. The largest absolute Gasteiger partial charge is 0.370 e. The molecule has 0 saturated carbocycles. The molecule has 1 fully saturated rings. The number of nitrogens with zero attached hydrogens (tertiary/aromatic N) is 2. The molecule has 0 aliphatic carbocycles. The van der Waals surface area contributed by atoms with Crippen LogP contribution < -0.4 is 4.90 Å². The third-order valence-corrected chi connectivity index (χ3v) is 4.75. The fraction of sp³-hybridized carbons (Fsp3) is 0.500. The summed E-state index contributed by atoms with van der Waals surface area (Å²) in [5.74, 6) is 0. The van der Waals surface area contributed by atoms with E-state index < -0.39 is 20.4 Å². The van der Waals surface area contributed by atoms with E-state index in [4.69, 9.17) is 11.6 Å². The minimum atomic E-state index is -3.68. The number of benzene rings is 1. The first kappa shape index (κ1) is 15.1. The maximum absolute atomic E-state index is 11.7. The molecule has 8 heteroatoms. The highest BCUT2D eigenvalue weighted by Gasteiger charge is 2.26. The van der Waals surface area contributed by atoms with Crippen LogP contribution in [0.1, 0.15) is 19.3 Å². The minimum Gasteiger partial charge on any atom is -0.370 e. The summed E-state index contributed by atoms with van der Waals surface area (Å²) in [7, 11) is -3.68. The Morgan fingerprint density at radius 1 is 1.25 bits per heavy atom. The predicted molar refractivity (Wildman–Crippen MR) is 77.3 cm³/mol. The van der Waals surface area contributed by atoms with Gasteiger partial charge >= 0.3 is 0 Å². The Morgan fingerprint density at radius 2 is 1.85 bits per heavy atom. The van der Waals surface area contributed by atoms with E-state index in [1.54, 1.807) is 0 Å². The Bertz CT molecular complexity index is 639. The molecule has 6 nitrogen and oxygen atoms in total. The summed E-state index contributed by atoms with van der Waals surface area (Å²) >= 11 is 6.09. The second-order valence-corrected chi connectivity index (χ2v) is 7.24. The van der Waals surface area contributed by atoms with E-state index in [2.05, 4.69) is 0 Å². The summed E-state index contributed by atoms with van der Waals surface area (Å²) in [6.07, 6.45) is 4.09. The number of hydrogen-bond donors (Lipinski definition) is 0. The average Bonchev–Trinajstić information content (AvgIpc) is 2.38. The molecule has 0 atom stereocenters. The van der Waals surface area contributed by atoms with Gasteiger partial charge in [-0.2, -0.15) is 0 Å². The molecule has 0 N–H and O–H groups in total. The van der Waals surface area contributed by atoms with Crippen molar-refractivity contribution in [2.75, 3.05) is 24.2 Å². The molecular formula is C12H15ClN2O4S. The van der Waals surface area contributed by atoms with E-state index in [9.17, 15) is 18.5 Å². The molecule has 1 aromatic carbocycles. The number of nitro groups is 1. The van der Waals surface area contributed by atoms with Crippen molar-refractivity contribution in [3.8, 4) is 0 Å². The highest BCUT2D eigenvalue weighted by Crippen LogP contribution is 2.36. The number of sulfone groups is 1. The summed E-state index contributed by atoms with van der Waals surface area (Å²) in [4.78, 5) is 11.9. The van der Waals surface area contributed by atoms with Gasteiger partial charge < -0.3 is 4.90 Å². The maximum atomic E-state index is 11.7. The van der Waals surface area contributed by atoms with Crippen molar-refractivity contribution in [2.45, 2.75) is 24.2 Å². The molecule has 1 aliphatic heterocycles. The fourth-order valence-electron chi connectivity index (χ4n) is 2.35. The third-order valence-electron chi connectivity index (χ3n) is 3.32. The summed E-state index contributed by atoms with van der Waals surface area (Å²) in [5, 5.41) is 11.2. The molecule has 0 amide bonds. The molecule has 1 saturated heterocycles. The van der Waals surface area contributed by atoms with Gasteiger partial charge in [0.25, 0.3) is 5.69 Å². The Balaban J connectivity index is 2.57. The zero-order valence-electron chi connectivity index (χ0n) is 11.0. The van der Waals surface area contributed by atoms with Gasteiger partial charge in [-0.1, -0.05) is 11.6 Å². The van der Waals surface area contributed by atoms with Gasteiger partial charge in [0.1, 0.15) is 4.90 Å². The van der Waals surface area contributed by atoms with Gasteiger partial charge in [-0.3, -0.25) is 10.1 Å². The number of rotatable bonds is 3. The van der Waals surface area contributed by atoms with Gasteiger partial charge in [0.05, 0.1) is 15.6 Å². The van der Waals surface area contributed by atoms with Gasteiger partial charge in [-0.15, -0.1) is 0 Å². The van der Waals surface area contributed by atoms with Crippen LogP contribution in [-0.4, -0.2) is 32.7 Å². The second-order valence-electron chi connectivity index (χ2n) is 4.85. The zero-order valence-corrected chi connectivity index (χ0v) is 12.6. The zero-order chi connectivity index (χ0) is 14.9. The summed E-state index contributed by atoms with van der Waals surface area (Å²) < 4.78 is 23.5. The number of piperidine rings is 1. The summed E-state index contributed by atoms with van der Waals surface area (Å²) in [5.41, 5.74) is 0.0793. The van der Waals surface area contributed by atoms with Crippen LogP contribution in [-0.2, 0) is 9.84 Å². The van der Waals surface area contributed by atoms with Gasteiger partial charge in [-0.25, -0.2) is 8.42 Å². The van der Waals surface area contributed by atoms with E-state index >= 15 is 0 Å². The quantitative estimate of drug-likeness (QED) is 0.632. The lowest BCUT2D eigenvalue weighted by atomic mass is 10.1. The molecule has 1 aliphatic rings. The standard InChI is InChI=1S/C12H15ClN2O4S/c1-20(18,19)12-8-10(14-5-3-2-4-6-14)9(13)7-11(12)15(16)17/h7-8H,2-6H2,1H3. The van der Waals surface area contributed by atoms with E-state index in [-0.39, 0.29) is 9.92 Å². The van der Waals surface area contributed by atoms with Gasteiger partial charge in [0.15, 0.2) is 9.84 Å². The van der Waals surface area contributed by atoms with E-state index in [0.717, 1.165) is 44.7 Å².